The number of carbonyl (C=O) groups excluding carboxylic acids is 2. The molecule has 0 amide bonds. The summed E-state index contributed by atoms with van der Waals surface area (Å²) in [5.41, 5.74) is 0. The molecule has 0 bridgehead atoms. The lowest BCUT2D eigenvalue weighted by Gasteiger charge is -2.52. The Balaban J connectivity index is -0.00000128. The van der Waals surface area contributed by atoms with Crippen molar-refractivity contribution in [2.24, 2.45) is 0 Å². The highest BCUT2D eigenvalue weighted by Gasteiger charge is 2.55. The number of unbranched alkanes of at least 4 members (excludes halogenated alkanes) is 24. The quantitative estimate of drug-likeness (QED) is 0.0471. The molecule has 0 aromatic rings. The standard InChI is InChI=1S/C41H82O22P4.7N/c1-3-5-7-9-11-13-15-17-19-21-23-25-27-29-34(42)57-31-33(59-35(43)30-28-26-24-22-20-18-16-14-12-10-8-6-4-2)32-58-67(55,56)63-38-36(44)39(60-64(46,47)48)41(62-66(52,53)54)40(37(38)45)61-65(49,50)51;;;;;;;/h33,36-41,44-45H,3-32H2,1-2H3,(H,55,56)(H2,46,47,48)(H2,49,50,51)(H2,52,53,54);;;;;;;/q;7*+1/p-7/t33?,36-,37-,38?,39-,40+,41?;;;;;;;/m0......./s1. The van der Waals surface area contributed by atoms with Gasteiger partial charge in [0.25, 0.3) is 7.82 Å². The molecule has 0 aromatic carbocycles. The van der Waals surface area contributed by atoms with E-state index in [4.69, 9.17) is 14.0 Å². The minimum absolute atomic E-state index is 0. The van der Waals surface area contributed by atoms with E-state index in [1.807, 2.05) is 0 Å². The Morgan fingerprint density at radius 3 is 1.00 bits per heavy atom. The van der Waals surface area contributed by atoms with Crippen LogP contribution in [0.4, 0.5) is 0 Å². The summed E-state index contributed by atoms with van der Waals surface area (Å²) in [4.78, 5) is 107. The first-order chi connectivity index (χ1) is 31.5. The molecule has 426 valence electrons. The van der Waals surface area contributed by atoms with Gasteiger partial charge in [-0.25, -0.2) is 0 Å². The molecule has 1 rings (SSSR count). The molecular weight excluding hydrogens is 1070 g/mol. The first-order valence-electron chi connectivity index (χ1n) is 23.9. The summed E-state index contributed by atoms with van der Waals surface area (Å²) in [7, 11) is -25.1. The molecule has 1 saturated carbocycles. The molecule has 28 radical (unpaired) electrons. The lowest BCUT2D eigenvalue weighted by atomic mass is 9.85. The van der Waals surface area contributed by atoms with Gasteiger partial charge in [0.05, 0.1) is 30.1 Å². The first-order valence-corrected chi connectivity index (χ1v) is 29.8. The third-order valence-corrected chi connectivity index (χ3v) is 13.6. The zero-order valence-electron chi connectivity index (χ0n) is 42.2. The number of phosphoric ester groups is 4. The molecule has 1 fully saturated rings. The van der Waals surface area contributed by atoms with E-state index in [2.05, 4.69) is 31.9 Å². The van der Waals surface area contributed by atoms with E-state index >= 15 is 0 Å². The van der Waals surface area contributed by atoms with Crippen molar-refractivity contribution in [3.8, 4) is 0 Å². The Morgan fingerprint density at radius 1 is 0.405 bits per heavy atom. The number of hydrogen-bond acceptors (Lipinski definition) is 22. The summed E-state index contributed by atoms with van der Waals surface area (Å²) < 4.78 is 79.5. The zero-order valence-corrected chi connectivity index (χ0v) is 45.8. The predicted octanol–water partition coefficient (Wildman–Crippen LogP) is 0.287. The Morgan fingerprint density at radius 2 is 0.689 bits per heavy atom. The van der Waals surface area contributed by atoms with Gasteiger partial charge >= 0.3 is 55.0 Å². The van der Waals surface area contributed by atoms with Crippen LogP contribution in [0.3, 0.4) is 0 Å². The van der Waals surface area contributed by atoms with Crippen LogP contribution < -0.4 is 77.3 Å². The molecule has 0 aromatic heterocycles. The van der Waals surface area contributed by atoms with Gasteiger partial charge in [0.1, 0.15) is 43.2 Å². The van der Waals surface area contributed by atoms with Crippen molar-refractivity contribution in [1.29, 1.82) is 0 Å². The van der Waals surface area contributed by atoms with Crippen LogP contribution in [0.25, 0.3) is 0 Å². The van der Waals surface area contributed by atoms with Crippen molar-refractivity contribution in [1.82, 2.24) is 43.1 Å². The molecule has 29 nitrogen and oxygen atoms in total. The fourth-order valence-corrected chi connectivity index (χ4v) is 10.2. The van der Waals surface area contributed by atoms with Gasteiger partial charge in [-0.15, -0.1) is 0 Å². The topological polar surface area (TPSA) is 582 Å². The molecule has 33 heteroatoms. The SMILES string of the molecule is CCCCCCCCCCCCCCCC(=O)OCC(COP(=O)([O-])OC1[C@H](O)[C@H](OP(=O)([O-])[O-])C(OP(=O)([O-])[O-])[C@H](OP(=O)([O-])[O-])[C@H]1O)OC(=O)CCCCCCCCCCCCCCC.[N+].[N+].[N+].[N+].[N+].[N+].[N+]. The normalized spacial score (nSPS) is 19.7. The van der Waals surface area contributed by atoms with Gasteiger partial charge in [-0.05, 0) is 12.8 Å². The van der Waals surface area contributed by atoms with E-state index in [0.717, 1.165) is 57.8 Å². The molecule has 4 unspecified atom stereocenters. The molecule has 0 saturated heterocycles. The highest BCUT2D eigenvalue weighted by atomic mass is 31.2. The predicted molar refractivity (Wildman–Crippen MR) is 244 cm³/mol. The largest absolute Gasteiger partial charge is 1.00 e. The Hall–Kier alpha value is -0.980. The first kappa shape index (κ1) is 86.9. The van der Waals surface area contributed by atoms with E-state index in [1.54, 1.807) is 0 Å². The number of rotatable bonds is 42. The Labute approximate surface area is 439 Å². The van der Waals surface area contributed by atoms with Crippen LogP contribution in [0.1, 0.15) is 194 Å². The number of nitrogens with zero attached hydrogens (tertiary/aromatic N) is 7. The number of aliphatic hydroxyl groups excluding tert-OH is 2. The maximum Gasteiger partial charge on any atom is 1.00 e. The molecule has 0 heterocycles. The maximum atomic E-state index is 13.1. The second kappa shape index (κ2) is 48.0. The molecule has 2 N–H and O–H groups in total. The van der Waals surface area contributed by atoms with Crippen molar-refractivity contribution >= 4 is 43.2 Å². The third-order valence-electron chi connectivity index (χ3n) is 11.1. The summed E-state index contributed by atoms with van der Waals surface area (Å²) in [5.74, 6) is -1.49. The van der Waals surface area contributed by atoms with Gasteiger partial charge in [-0.2, -0.15) is 0 Å². The van der Waals surface area contributed by atoms with Crippen molar-refractivity contribution in [2.75, 3.05) is 13.2 Å². The molecular formula is C41H75N7O22P4. The average Bonchev–Trinajstić information content (AvgIpc) is 3.22. The molecule has 0 aliphatic heterocycles. The summed E-state index contributed by atoms with van der Waals surface area (Å²) in [6, 6.07) is 0. The van der Waals surface area contributed by atoms with Gasteiger partial charge in [0.2, 0.25) is 0 Å². The van der Waals surface area contributed by atoms with Crippen LogP contribution >= 0.6 is 31.3 Å². The summed E-state index contributed by atoms with van der Waals surface area (Å²) in [5, 5.41) is 21.5. The summed E-state index contributed by atoms with van der Waals surface area (Å²) in [6.45, 7) is 2.55. The lowest BCUT2D eigenvalue weighted by Crippen LogP contribution is -2.66. The second-order valence-electron chi connectivity index (χ2n) is 17.1. The number of hydrogen-bond donors (Lipinski definition) is 2. The molecule has 1 aliphatic carbocycles. The highest BCUT2D eigenvalue weighted by Crippen LogP contribution is 2.49. The zero-order chi connectivity index (χ0) is 50.4. The molecule has 0 spiro atoms. The molecule has 1 aliphatic rings. The van der Waals surface area contributed by atoms with Gasteiger partial charge in [-0.1, -0.05) is 168 Å². The number of aliphatic hydroxyl groups is 2. The van der Waals surface area contributed by atoms with Gasteiger partial charge in [-0.3, -0.25) is 14.2 Å². The minimum Gasteiger partial charge on any atom is -0.790 e. The van der Waals surface area contributed by atoms with E-state index in [9.17, 15) is 72.3 Å². The maximum absolute atomic E-state index is 13.1. The fraction of sp³-hybridized carbons (Fsp3) is 0.951. The van der Waals surface area contributed by atoms with Crippen molar-refractivity contribution < 1.29 is 104 Å². The van der Waals surface area contributed by atoms with Gasteiger partial charge < -0.3 is 90.3 Å². The van der Waals surface area contributed by atoms with E-state index < -0.39 is 99.2 Å². The van der Waals surface area contributed by atoms with Crippen LogP contribution in [0.15, 0.2) is 0 Å². The number of ether oxygens (including phenoxy) is 2. The van der Waals surface area contributed by atoms with Crippen molar-refractivity contribution in [3.05, 3.63) is 0 Å². The number of phosphoric acid groups is 4. The minimum atomic E-state index is -6.37. The number of esters is 2. The van der Waals surface area contributed by atoms with Gasteiger partial charge in [0.15, 0.2) is 6.10 Å². The highest BCUT2D eigenvalue weighted by molar-refractivity contribution is 7.46. The average molecular weight is 1140 g/mol. The van der Waals surface area contributed by atoms with Crippen LogP contribution in [0, 0.1) is 0 Å². The Kier molecular flexibility index (Phi) is 56.3. The Bertz CT molecular complexity index is 1520. The van der Waals surface area contributed by atoms with Crippen LogP contribution in [0.5, 0.6) is 0 Å². The van der Waals surface area contributed by atoms with Crippen LogP contribution in [0.2, 0.25) is 0 Å². The third kappa shape index (κ3) is 44.9. The van der Waals surface area contributed by atoms with Crippen LogP contribution in [-0.2, 0) is 59.9 Å². The van der Waals surface area contributed by atoms with Crippen LogP contribution in [-0.4, -0.2) is 78.1 Å². The van der Waals surface area contributed by atoms with E-state index in [1.165, 1.54) is 89.9 Å². The monoisotopic (exact) mass is 1140 g/mol. The van der Waals surface area contributed by atoms with Gasteiger partial charge in [0, 0.05) is 12.8 Å². The number of carbonyl (C=O) groups is 2. The molecule has 74 heavy (non-hydrogen) atoms. The van der Waals surface area contributed by atoms with E-state index in [-0.39, 0.29) is 55.9 Å². The van der Waals surface area contributed by atoms with Crippen molar-refractivity contribution in [3.63, 3.8) is 0 Å². The fourth-order valence-electron chi connectivity index (χ4n) is 7.64. The second-order valence-corrected chi connectivity index (χ2v) is 21.8. The van der Waals surface area contributed by atoms with Crippen molar-refractivity contribution in [2.45, 2.75) is 236 Å². The summed E-state index contributed by atoms with van der Waals surface area (Å²) in [6.07, 6.45) is 8.20. The van der Waals surface area contributed by atoms with E-state index in [0.29, 0.717) is 19.3 Å². The summed E-state index contributed by atoms with van der Waals surface area (Å²) >= 11 is 0. The smallest absolute Gasteiger partial charge is 0.790 e. The lowest BCUT2D eigenvalue weighted by molar-refractivity contribution is -0.373. The molecule has 8 atom stereocenters.